The van der Waals surface area contributed by atoms with Crippen LogP contribution in [0.25, 0.3) is 0 Å². The summed E-state index contributed by atoms with van der Waals surface area (Å²) in [5.74, 6) is 1.91. The molecule has 2 aromatic rings. The van der Waals surface area contributed by atoms with Crippen LogP contribution in [0.4, 0.5) is 10.8 Å². The smallest absolute Gasteiger partial charge is 0.231 e. The number of ether oxygens (including phenoxy) is 3. The van der Waals surface area contributed by atoms with Gasteiger partial charge in [-0.15, -0.1) is 10.2 Å². The second kappa shape index (κ2) is 8.88. The third kappa shape index (κ3) is 5.21. The Morgan fingerprint density at radius 1 is 1.36 bits per heavy atom. The summed E-state index contributed by atoms with van der Waals surface area (Å²) in [6.45, 7) is 1.52. The monoisotopic (exact) mass is 382 g/mol. The van der Waals surface area contributed by atoms with Crippen molar-refractivity contribution >= 4 is 39.8 Å². The fourth-order valence-electron chi connectivity index (χ4n) is 2.03. The normalized spacial score (nSPS) is 12.2. The molecule has 1 amide bonds. The maximum Gasteiger partial charge on any atom is 0.231 e. The average molecular weight is 382 g/mol. The van der Waals surface area contributed by atoms with E-state index >= 15 is 0 Å². The molecule has 0 radical (unpaired) electrons. The summed E-state index contributed by atoms with van der Waals surface area (Å²) in [6.07, 6.45) is 0.380. The van der Waals surface area contributed by atoms with Gasteiger partial charge in [0.15, 0.2) is 15.8 Å². The number of nitrogens with zero attached hydrogens (tertiary/aromatic N) is 2. The van der Waals surface area contributed by atoms with Crippen molar-refractivity contribution in [2.45, 2.75) is 10.8 Å². The molecule has 0 bridgehead atoms. The van der Waals surface area contributed by atoms with Crippen LogP contribution in [0.5, 0.6) is 11.5 Å². The molecule has 25 heavy (non-hydrogen) atoms. The van der Waals surface area contributed by atoms with E-state index in [9.17, 15) is 4.79 Å². The van der Waals surface area contributed by atoms with Crippen LogP contribution < -0.4 is 20.1 Å². The average Bonchev–Trinajstić information content (AvgIpc) is 3.24. The molecule has 10 heteroatoms. The Hall–Kier alpha value is -2.04. The minimum atomic E-state index is -0.0608. The third-order valence-electron chi connectivity index (χ3n) is 3.20. The molecule has 0 saturated carbocycles. The number of aromatic nitrogens is 2. The Morgan fingerprint density at radius 3 is 3.12 bits per heavy atom. The summed E-state index contributed by atoms with van der Waals surface area (Å²) in [5, 5.41) is 14.9. The van der Waals surface area contributed by atoms with Crippen LogP contribution in [0.2, 0.25) is 0 Å². The molecule has 8 nitrogen and oxygen atoms in total. The number of carbonyl (C=O) groups excluding carboxylic acids is 1. The van der Waals surface area contributed by atoms with Gasteiger partial charge in [-0.1, -0.05) is 23.1 Å². The minimum Gasteiger partial charge on any atom is -0.454 e. The van der Waals surface area contributed by atoms with Gasteiger partial charge in [0, 0.05) is 37.6 Å². The van der Waals surface area contributed by atoms with Crippen LogP contribution in [0.15, 0.2) is 22.5 Å². The molecule has 1 aromatic heterocycles. The zero-order valence-corrected chi connectivity index (χ0v) is 15.2. The molecule has 0 fully saturated rings. The highest BCUT2D eigenvalue weighted by Gasteiger charge is 2.14. The molecule has 1 aliphatic rings. The largest absolute Gasteiger partial charge is 0.454 e. The molecule has 0 saturated heterocycles. The van der Waals surface area contributed by atoms with Crippen LogP contribution >= 0.6 is 23.1 Å². The maximum absolute atomic E-state index is 12.0. The first-order valence-electron chi connectivity index (χ1n) is 7.63. The van der Waals surface area contributed by atoms with Gasteiger partial charge in [0.25, 0.3) is 0 Å². The van der Waals surface area contributed by atoms with Crippen molar-refractivity contribution in [3.8, 4) is 11.5 Å². The second-order valence-electron chi connectivity index (χ2n) is 5.01. The zero-order valence-electron chi connectivity index (χ0n) is 13.6. The van der Waals surface area contributed by atoms with Gasteiger partial charge in [-0.25, -0.2) is 0 Å². The Morgan fingerprint density at radius 2 is 2.24 bits per heavy atom. The molecular formula is C15H18N4O4S2. The third-order valence-corrected chi connectivity index (χ3v) is 5.22. The Kier molecular flexibility index (Phi) is 6.31. The number of nitrogens with one attached hydrogen (secondary N) is 2. The van der Waals surface area contributed by atoms with Gasteiger partial charge in [0.1, 0.15) is 0 Å². The highest BCUT2D eigenvalue weighted by Crippen LogP contribution is 2.34. The summed E-state index contributed by atoms with van der Waals surface area (Å²) in [5.41, 5.74) is 0.694. The first kappa shape index (κ1) is 17.8. The van der Waals surface area contributed by atoms with Gasteiger partial charge in [0.05, 0.1) is 6.61 Å². The number of fused-ring (bicyclic) bond motifs is 1. The number of hydrogen-bond donors (Lipinski definition) is 2. The highest BCUT2D eigenvalue weighted by atomic mass is 32.2. The van der Waals surface area contributed by atoms with Crippen LogP contribution in [-0.4, -0.2) is 48.9 Å². The molecule has 0 unspecified atom stereocenters. The summed E-state index contributed by atoms with van der Waals surface area (Å²) in [6, 6.07) is 5.34. The van der Waals surface area contributed by atoms with E-state index in [0.717, 1.165) is 9.47 Å². The van der Waals surface area contributed by atoms with Crippen LogP contribution in [0, 0.1) is 0 Å². The van der Waals surface area contributed by atoms with Crippen LogP contribution in [0.3, 0.4) is 0 Å². The fourth-order valence-corrected chi connectivity index (χ4v) is 3.81. The number of amides is 1. The molecule has 134 valence electrons. The van der Waals surface area contributed by atoms with E-state index in [0.29, 0.717) is 42.5 Å². The summed E-state index contributed by atoms with van der Waals surface area (Å²) < 4.78 is 16.3. The highest BCUT2D eigenvalue weighted by molar-refractivity contribution is 8.01. The van der Waals surface area contributed by atoms with Crippen molar-refractivity contribution < 1.29 is 19.0 Å². The number of hydrogen-bond acceptors (Lipinski definition) is 9. The number of rotatable bonds is 9. The number of methoxy groups -OCH3 is 1. The van der Waals surface area contributed by atoms with Gasteiger partial charge >= 0.3 is 0 Å². The summed E-state index contributed by atoms with van der Waals surface area (Å²) in [4.78, 5) is 12.0. The van der Waals surface area contributed by atoms with E-state index in [1.165, 1.54) is 23.1 Å². The van der Waals surface area contributed by atoms with E-state index in [1.807, 2.05) is 0 Å². The Balaban J connectivity index is 1.39. The minimum absolute atomic E-state index is 0.0608. The van der Waals surface area contributed by atoms with Crippen molar-refractivity contribution in [3.05, 3.63) is 18.2 Å². The SMILES string of the molecule is COCCNc1nnc(SCCC(=O)Nc2ccc3c(c2)OCO3)s1. The number of benzene rings is 1. The van der Waals surface area contributed by atoms with Crippen molar-refractivity contribution in [2.24, 2.45) is 0 Å². The second-order valence-corrected chi connectivity index (χ2v) is 7.33. The lowest BCUT2D eigenvalue weighted by Gasteiger charge is -2.05. The lowest BCUT2D eigenvalue weighted by Crippen LogP contribution is -2.12. The molecule has 1 aromatic carbocycles. The predicted octanol–water partition coefficient (Wildman–Crippen LogP) is 2.45. The van der Waals surface area contributed by atoms with Crippen molar-refractivity contribution in [1.82, 2.24) is 10.2 Å². The predicted molar refractivity (Wildman–Crippen MR) is 96.8 cm³/mol. The van der Waals surface area contributed by atoms with Crippen molar-refractivity contribution in [3.63, 3.8) is 0 Å². The van der Waals surface area contributed by atoms with Gasteiger partial charge in [0.2, 0.25) is 17.8 Å². The molecule has 1 aliphatic heterocycles. The van der Waals surface area contributed by atoms with E-state index in [4.69, 9.17) is 14.2 Å². The van der Waals surface area contributed by atoms with Crippen LogP contribution in [-0.2, 0) is 9.53 Å². The molecule has 0 spiro atoms. The molecular weight excluding hydrogens is 364 g/mol. The van der Waals surface area contributed by atoms with Gasteiger partial charge in [-0.3, -0.25) is 4.79 Å². The lowest BCUT2D eigenvalue weighted by atomic mass is 10.2. The molecule has 2 N–H and O–H groups in total. The summed E-state index contributed by atoms with van der Waals surface area (Å²) in [7, 11) is 1.65. The van der Waals surface area contributed by atoms with Crippen molar-refractivity contribution in [1.29, 1.82) is 0 Å². The molecule has 0 aliphatic carbocycles. The number of thioether (sulfide) groups is 1. The zero-order chi connectivity index (χ0) is 17.5. The topological polar surface area (TPSA) is 94.6 Å². The van der Waals surface area contributed by atoms with E-state index in [-0.39, 0.29) is 12.7 Å². The first-order chi connectivity index (χ1) is 12.2. The Labute approximate surface area is 153 Å². The van der Waals surface area contributed by atoms with E-state index in [2.05, 4.69) is 20.8 Å². The van der Waals surface area contributed by atoms with Gasteiger partial charge in [-0.2, -0.15) is 0 Å². The van der Waals surface area contributed by atoms with E-state index in [1.54, 1.807) is 25.3 Å². The Bertz CT molecular complexity index is 725. The molecule has 3 rings (SSSR count). The standard InChI is InChI=1S/C15H18N4O4S2/c1-21-6-5-16-14-18-19-15(25-14)24-7-4-13(20)17-10-2-3-11-12(8-10)23-9-22-11/h2-3,8H,4-7,9H2,1H3,(H,16,18)(H,17,20). The lowest BCUT2D eigenvalue weighted by molar-refractivity contribution is -0.115. The molecule has 0 atom stereocenters. The number of anilines is 2. The van der Waals surface area contributed by atoms with Crippen LogP contribution in [0.1, 0.15) is 6.42 Å². The fraction of sp³-hybridized carbons (Fsp3) is 0.400. The van der Waals surface area contributed by atoms with E-state index < -0.39 is 0 Å². The first-order valence-corrected chi connectivity index (χ1v) is 9.43. The molecule has 2 heterocycles. The quantitative estimate of drug-likeness (QED) is 0.504. The number of carbonyl (C=O) groups is 1. The van der Waals surface area contributed by atoms with Gasteiger partial charge in [-0.05, 0) is 12.1 Å². The van der Waals surface area contributed by atoms with Gasteiger partial charge < -0.3 is 24.8 Å². The summed E-state index contributed by atoms with van der Waals surface area (Å²) >= 11 is 2.97. The van der Waals surface area contributed by atoms with Crippen molar-refractivity contribution in [2.75, 3.05) is 43.4 Å². The maximum atomic E-state index is 12.0.